The predicted octanol–water partition coefficient (Wildman–Crippen LogP) is 0.696. The summed E-state index contributed by atoms with van der Waals surface area (Å²) in [6.07, 6.45) is 0.186. The van der Waals surface area contributed by atoms with Crippen LogP contribution in [-0.4, -0.2) is 32.8 Å². The Hall–Kier alpha value is -1.86. The highest BCUT2D eigenvalue weighted by Gasteiger charge is 2.18. The number of carbonyl (C=O) groups is 1. The molecule has 0 aliphatic heterocycles. The quantitative estimate of drug-likeness (QED) is 0.761. The molecule has 0 bridgehead atoms. The summed E-state index contributed by atoms with van der Waals surface area (Å²) in [5, 5.41) is 6.04. The Labute approximate surface area is 141 Å². The summed E-state index contributed by atoms with van der Waals surface area (Å²) in [4.78, 5) is 28.5. The zero-order chi connectivity index (χ0) is 16.7. The van der Waals surface area contributed by atoms with E-state index in [0.717, 1.165) is 16.8 Å². The molecule has 0 aliphatic rings. The average Bonchev–Trinajstić information content (AvgIpc) is 2.66. The fourth-order valence-electron chi connectivity index (χ4n) is 2.46. The molecule has 1 amide bonds. The van der Waals surface area contributed by atoms with E-state index in [1.165, 1.54) is 0 Å². The van der Waals surface area contributed by atoms with Crippen LogP contribution in [0.3, 0.4) is 0 Å². The molecular formula is C15H24ClN5O2. The SMILES string of the molecule is Cc1nc2c(c(C)c1CC(=O)NCC(C)(C)N)c(=O)[nH]n2C.Cl. The number of rotatable bonds is 4. The standard InChI is InChI=1S/C15H23N5O2.ClH/c1-8-10(6-11(21)17-7-15(3,4)16)9(2)18-13-12(8)14(22)19-20(13)5;/h6-7,16H2,1-5H3,(H,17,21)(H,19,22);1H. The first-order valence-corrected chi connectivity index (χ1v) is 7.20. The number of fused-ring (bicyclic) bond motifs is 1. The predicted molar refractivity (Wildman–Crippen MR) is 93.0 cm³/mol. The molecule has 0 unspecified atom stereocenters. The molecule has 0 spiro atoms. The average molecular weight is 342 g/mol. The van der Waals surface area contributed by atoms with Crippen molar-refractivity contribution in [2.75, 3.05) is 6.54 Å². The van der Waals surface area contributed by atoms with Crippen LogP contribution in [0.1, 0.15) is 30.7 Å². The van der Waals surface area contributed by atoms with Crippen LogP contribution in [-0.2, 0) is 18.3 Å². The molecule has 8 heteroatoms. The second-order valence-corrected chi connectivity index (χ2v) is 6.44. The maximum absolute atomic E-state index is 12.1. The number of nitrogens with zero attached hydrogens (tertiary/aromatic N) is 2. The summed E-state index contributed by atoms with van der Waals surface area (Å²) in [5.74, 6) is -0.127. The van der Waals surface area contributed by atoms with Crippen LogP contribution in [0.5, 0.6) is 0 Å². The molecule has 0 fully saturated rings. The molecule has 2 aromatic rings. The monoisotopic (exact) mass is 341 g/mol. The molecule has 0 saturated heterocycles. The number of hydrogen-bond donors (Lipinski definition) is 3. The van der Waals surface area contributed by atoms with Gasteiger partial charge in [-0.25, -0.2) is 4.98 Å². The molecule has 2 heterocycles. The molecule has 23 heavy (non-hydrogen) atoms. The van der Waals surface area contributed by atoms with Gasteiger partial charge in [-0.3, -0.25) is 19.4 Å². The van der Waals surface area contributed by atoms with Crippen molar-refractivity contribution in [2.45, 2.75) is 39.7 Å². The summed E-state index contributed by atoms with van der Waals surface area (Å²) in [6.45, 7) is 7.79. The lowest BCUT2D eigenvalue weighted by Gasteiger charge is -2.19. The maximum Gasteiger partial charge on any atom is 0.273 e. The summed E-state index contributed by atoms with van der Waals surface area (Å²) >= 11 is 0. The van der Waals surface area contributed by atoms with Crippen LogP contribution in [0.4, 0.5) is 0 Å². The molecule has 2 aromatic heterocycles. The van der Waals surface area contributed by atoms with Crippen molar-refractivity contribution in [1.82, 2.24) is 20.1 Å². The van der Waals surface area contributed by atoms with E-state index in [1.807, 2.05) is 27.7 Å². The van der Waals surface area contributed by atoms with E-state index in [4.69, 9.17) is 5.73 Å². The van der Waals surface area contributed by atoms with Gasteiger partial charge in [0.15, 0.2) is 5.65 Å². The van der Waals surface area contributed by atoms with Gasteiger partial charge in [0.2, 0.25) is 5.91 Å². The smallest absolute Gasteiger partial charge is 0.273 e. The number of amides is 1. The van der Waals surface area contributed by atoms with Gasteiger partial charge in [0.1, 0.15) is 0 Å². The van der Waals surface area contributed by atoms with E-state index in [9.17, 15) is 9.59 Å². The number of pyridine rings is 1. The zero-order valence-corrected chi connectivity index (χ0v) is 14.9. The maximum atomic E-state index is 12.1. The molecule has 0 aromatic carbocycles. The van der Waals surface area contributed by atoms with Crippen LogP contribution < -0.4 is 16.6 Å². The van der Waals surface area contributed by atoms with Crippen LogP contribution in [0, 0.1) is 13.8 Å². The van der Waals surface area contributed by atoms with Gasteiger partial charge in [0, 0.05) is 24.8 Å². The van der Waals surface area contributed by atoms with Crippen LogP contribution >= 0.6 is 12.4 Å². The second-order valence-electron chi connectivity index (χ2n) is 6.44. The fraction of sp³-hybridized carbons (Fsp3) is 0.533. The third-order valence-corrected chi connectivity index (χ3v) is 3.65. The topological polar surface area (TPSA) is 106 Å². The number of H-pyrrole nitrogens is 1. The van der Waals surface area contributed by atoms with Crippen molar-refractivity contribution < 1.29 is 4.79 Å². The number of aryl methyl sites for hydroxylation is 3. The minimum absolute atomic E-state index is 0. The molecule has 128 valence electrons. The summed E-state index contributed by atoms with van der Waals surface area (Å²) in [5.41, 5.74) is 8.15. The highest BCUT2D eigenvalue weighted by atomic mass is 35.5. The Morgan fingerprint density at radius 1 is 1.39 bits per heavy atom. The Morgan fingerprint density at radius 3 is 2.57 bits per heavy atom. The van der Waals surface area contributed by atoms with E-state index in [-0.39, 0.29) is 30.3 Å². The molecule has 0 radical (unpaired) electrons. The second kappa shape index (κ2) is 6.72. The highest BCUT2D eigenvalue weighted by molar-refractivity contribution is 5.85. The molecule has 0 saturated carbocycles. The Bertz CT molecular complexity index is 786. The van der Waals surface area contributed by atoms with Gasteiger partial charge in [0.25, 0.3) is 5.56 Å². The van der Waals surface area contributed by atoms with Gasteiger partial charge in [-0.05, 0) is 38.8 Å². The Morgan fingerprint density at radius 2 is 2.00 bits per heavy atom. The van der Waals surface area contributed by atoms with E-state index in [1.54, 1.807) is 11.7 Å². The van der Waals surface area contributed by atoms with Gasteiger partial charge < -0.3 is 11.1 Å². The molecule has 7 nitrogen and oxygen atoms in total. The molecule has 2 rings (SSSR count). The number of aromatic amines is 1. The van der Waals surface area contributed by atoms with E-state index >= 15 is 0 Å². The van der Waals surface area contributed by atoms with Crippen LogP contribution in [0.15, 0.2) is 4.79 Å². The van der Waals surface area contributed by atoms with Crippen molar-refractivity contribution in [3.63, 3.8) is 0 Å². The van der Waals surface area contributed by atoms with Crippen molar-refractivity contribution >= 4 is 29.3 Å². The van der Waals surface area contributed by atoms with Crippen molar-refractivity contribution in [3.05, 3.63) is 27.2 Å². The number of hydrogen-bond acceptors (Lipinski definition) is 4. The van der Waals surface area contributed by atoms with Gasteiger partial charge >= 0.3 is 0 Å². The van der Waals surface area contributed by atoms with Gasteiger partial charge in [-0.15, -0.1) is 12.4 Å². The highest BCUT2D eigenvalue weighted by Crippen LogP contribution is 2.20. The Balaban J connectivity index is 0.00000264. The largest absolute Gasteiger partial charge is 0.354 e. The lowest BCUT2D eigenvalue weighted by Crippen LogP contribution is -2.45. The first kappa shape index (κ1) is 19.2. The number of halogens is 1. The van der Waals surface area contributed by atoms with Gasteiger partial charge in [-0.1, -0.05) is 0 Å². The zero-order valence-electron chi connectivity index (χ0n) is 14.1. The van der Waals surface area contributed by atoms with Crippen molar-refractivity contribution in [1.29, 1.82) is 0 Å². The molecule has 0 atom stereocenters. The lowest BCUT2D eigenvalue weighted by atomic mass is 10.0. The van der Waals surface area contributed by atoms with E-state index in [0.29, 0.717) is 17.6 Å². The van der Waals surface area contributed by atoms with Gasteiger partial charge in [-0.2, -0.15) is 0 Å². The minimum atomic E-state index is -0.460. The number of carbonyl (C=O) groups excluding carboxylic acids is 1. The first-order chi connectivity index (χ1) is 10.1. The third-order valence-electron chi connectivity index (χ3n) is 3.65. The summed E-state index contributed by atoms with van der Waals surface area (Å²) in [6, 6.07) is 0. The number of nitrogens with one attached hydrogen (secondary N) is 2. The summed E-state index contributed by atoms with van der Waals surface area (Å²) in [7, 11) is 1.74. The minimum Gasteiger partial charge on any atom is -0.354 e. The van der Waals surface area contributed by atoms with Crippen molar-refractivity contribution in [2.24, 2.45) is 12.8 Å². The number of aromatic nitrogens is 3. The van der Waals surface area contributed by atoms with Crippen LogP contribution in [0.25, 0.3) is 11.0 Å². The summed E-state index contributed by atoms with van der Waals surface area (Å²) < 4.78 is 1.60. The van der Waals surface area contributed by atoms with E-state index in [2.05, 4.69) is 15.4 Å². The fourth-order valence-corrected chi connectivity index (χ4v) is 2.46. The molecular weight excluding hydrogens is 318 g/mol. The molecule has 0 aliphatic carbocycles. The lowest BCUT2D eigenvalue weighted by molar-refractivity contribution is -0.120. The third kappa shape index (κ3) is 4.11. The Kier molecular flexibility index (Phi) is 5.60. The van der Waals surface area contributed by atoms with Crippen molar-refractivity contribution in [3.8, 4) is 0 Å². The van der Waals surface area contributed by atoms with E-state index < -0.39 is 5.54 Å². The molecule has 4 N–H and O–H groups in total. The van der Waals surface area contributed by atoms with Gasteiger partial charge in [0.05, 0.1) is 11.8 Å². The number of nitrogens with two attached hydrogens (primary N) is 1. The normalized spacial score (nSPS) is 11.4. The van der Waals surface area contributed by atoms with Crippen LogP contribution in [0.2, 0.25) is 0 Å². The first-order valence-electron chi connectivity index (χ1n) is 7.20.